The zero-order valence-corrected chi connectivity index (χ0v) is 18.0. The van der Waals surface area contributed by atoms with E-state index in [0.29, 0.717) is 17.9 Å². The highest BCUT2D eigenvalue weighted by atomic mass is 32.2. The molecule has 0 spiro atoms. The maximum Gasteiger partial charge on any atom is 0.251 e. The molecule has 0 fully saturated rings. The molecule has 30 heavy (non-hydrogen) atoms. The summed E-state index contributed by atoms with van der Waals surface area (Å²) in [5, 5.41) is 2.98. The molecule has 0 aliphatic carbocycles. The predicted molar refractivity (Wildman–Crippen MR) is 123 cm³/mol. The maximum atomic E-state index is 12.5. The lowest BCUT2D eigenvalue weighted by Crippen LogP contribution is -2.23. The van der Waals surface area contributed by atoms with Crippen LogP contribution in [0, 0.1) is 0 Å². The van der Waals surface area contributed by atoms with Crippen molar-refractivity contribution >= 4 is 22.4 Å². The summed E-state index contributed by atoms with van der Waals surface area (Å²) in [6, 6.07) is 24.4. The lowest BCUT2D eigenvalue weighted by atomic mass is 10.1. The molecule has 1 N–H and O–H groups in total. The van der Waals surface area contributed by atoms with E-state index in [1.807, 2.05) is 18.2 Å². The third kappa shape index (κ3) is 4.97. The number of anilines is 1. The molecule has 1 aliphatic heterocycles. The van der Waals surface area contributed by atoms with Crippen molar-refractivity contribution in [3.8, 4) is 0 Å². The highest BCUT2D eigenvalue weighted by Crippen LogP contribution is 2.28. The van der Waals surface area contributed by atoms with E-state index < -0.39 is 10.8 Å². The Hall–Kier alpha value is -2.92. The number of hydrogen-bond acceptors (Lipinski definition) is 3. The Morgan fingerprint density at radius 3 is 2.53 bits per heavy atom. The highest BCUT2D eigenvalue weighted by Gasteiger charge is 2.18. The van der Waals surface area contributed by atoms with Gasteiger partial charge in [-0.25, -0.2) is 0 Å². The summed E-state index contributed by atoms with van der Waals surface area (Å²) in [6.07, 6.45) is 2.77. The van der Waals surface area contributed by atoms with E-state index in [1.165, 1.54) is 16.8 Å². The fourth-order valence-electron chi connectivity index (χ4n) is 3.88. The number of benzene rings is 3. The molecule has 0 radical (unpaired) electrons. The normalized spacial score (nSPS) is 13.7. The number of rotatable bonds is 7. The Balaban J connectivity index is 1.33. The van der Waals surface area contributed by atoms with Gasteiger partial charge < -0.3 is 10.2 Å². The molecule has 0 aromatic heterocycles. The quantitative estimate of drug-likeness (QED) is 0.630. The summed E-state index contributed by atoms with van der Waals surface area (Å²) >= 11 is 0. The van der Waals surface area contributed by atoms with Gasteiger partial charge >= 0.3 is 0 Å². The van der Waals surface area contributed by atoms with Crippen molar-refractivity contribution in [3.63, 3.8) is 0 Å². The van der Waals surface area contributed by atoms with Crippen molar-refractivity contribution in [1.82, 2.24) is 5.32 Å². The average Bonchev–Trinajstić information content (AvgIpc) is 3.16. The molecule has 3 aromatic rings. The first kappa shape index (κ1) is 20.4. The van der Waals surface area contributed by atoms with E-state index >= 15 is 0 Å². The molecule has 5 heteroatoms. The monoisotopic (exact) mass is 418 g/mol. The molecule has 1 aliphatic rings. The van der Waals surface area contributed by atoms with Gasteiger partial charge in [-0.15, -0.1) is 0 Å². The molecule has 154 valence electrons. The van der Waals surface area contributed by atoms with Gasteiger partial charge in [-0.2, -0.15) is 0 Å². The lowest BCUT2D eigenvalue weighted by molar-refractivity contribution is 0.0951. The molecule has 0 unspecified atom stereocenters. The Morgan fingerprint density at radius 1 is 0.967 bits per heavy atom. The van der Waals surface area contributed by atoms with Crippen LogP contribution in [0.5, 0.6) is 0 Å². The van der Waals surface area contributed by atoms with Crippen molar-refractivity contribution in [2.75, 3.05) is 17.7 Å². The maximum absolute atomic E-state index is 12.5. The second-order valence-corrected chi connectivity index (χ2v) is 9.15. The molecular weight excluding hydrogens is 392 g/mol. The van der Waals surface area contributed by atoms with Crippen LogP contribution in [0.3, 0.4) is 0 Å². The SMILES string of the molecule is C[S@@](=O)Cc1cccc(C(=O)NCc2ccc(CN3CCc4ccccc43)cc2)c1. The number of fused-ring (bicyclic) bond motifs is 1. The van der Waals surface area contributed by atoms with E-state index in [4.69, 9.17) is 0 Å². The summed E-state index contributed by atoms with van der Waals surface area (Å²) < 4.78 is 11.4. The summed E-state index contributed by atoms with van der Waals surface area (Å²) in [5.74, 6) is 0.348. The largest absolute Gasteiger partial charge is 0.367 e. The van der Waals surface area contributed by atoms with Gasteiger partial charge in [0.05, 0.1) is 0 Å². The van der Waals surface area contributed by atoms with E-state index in [9.17, 15) is 9.00 Å². The minimum Gasteiger partial charge on any atom is -0.367 e. The van der Waals surface area contributed by atoms with Crippen molar-refractivity contribution in [2.45, 2.75) is 25.3 Å². The third-order valence-corrected chi connectivity index (χ3v) is 6.13. The number of carbonyl (C=O) groups is 1. The van der Waals surface area contributed by atoms with Crippen molar-refractivity contribution in [1.29, 1.82) is 0 Å². The minimum absolute atomic E-state index is 0.114. The summed E-state index contributed by atoms with van der Waals surface area (Å²) in [7, 11) is -0.923. The van der Waals surface area contributed by atoms with Gasteiger partial charge in [-0.05, 0) is 46.9 Å². The Morgan fingerprint density at radius 2 is 1.73 bits per heavy atom. The zero-order valence-electron chi connectivity index (χ0n) is 17.1. The van der Waals surface area contributed by atoms with E-state index in [1.54, 1.807) is 12.3 Å². The molecule has 4 nitrogen and oxygen atoms in total. The second-order valence-electron chi connectivity index (χ2n) is 7.72. The van der Waals surface area contributed by atoms with Crippen LogP contribution < -0.4 is 10.2 Å². The fourth-order valence-corrected chi connectivity index (χ4v) is 4.52. The summed E-state index contributed by atoms with van der Waals surface area (Å²) in [4.78, 5) is 14.9. The number of para-hydroxylation sites is 1. The Bertz CT molecular complexity index is 1060. The summed E-state index contributed by atoms with van der Waals surface area (Å²) in [5.41, 5.74) is 6.61. The Labute approximate surface area is 180 Å². The first-order valence-electron chi connectivity index (χ1n) is 10.2. The summed E-state index contributed by atoms with van der Waals surface area (Å²) in [6.45, 7) is 2.44. The molecule has 1 amide bonds. The topological polar surface area (TPSA) is 49.4 Å². The molecule has 1 atom stereocenters. The van der Waals surface area contributed by atoms with Gasteiger partial charge in [0.2, 0.25) is 0 Å². The zero-order chi connectivity index (χ0) is 20.9. The van der Waals surface area contributed by atoms with Crippen LogP contribution in [0.1, 0.15) is 32.6 Å². The van der Waals surface area contributed by atoms with Crippen LogP contribution in [-0.4, -0.2) is 22.9 Å². The number of nitrogens with one attached hydrogen (secondary N) is 1. The smallest absolute Gasteiger partial charge is 0.251 e. The lowest BCUT2D eigenvalue weighted by Gasteiger charge is -2.19. The van der Waals surface area contributed by atoms with E-state index in [0.717, 1.165) is 30.6 Å². The highest BCUT2D eigenvalue weighted by molar-refractivity contribution is 7.83. The van der Waals surface area contributed by atoms with Crippen LogP contribution in [0.15, 0.2) is 72.8 Å². The third-order valence-electron chi connectivity index (χ3n) is 5.39. The van der Waals surface area contributed by atoms with Crippen LogP contribution in [-0.2, 0) is 36.1 Å². The number of hydrogen-bond donors (Lipinski definition) is 1. The predicted octanol–water partition coefficient (Wildman–Crippen LogP) is 4.06. The first-order valence-corrected chi connectivity index (χ1v) is 11.9. The van der Waals surface area contributed by atoms with Gasteiger partial charge in [0.15, 0.2) is 0 Å². The molecule has 3 aromatic carbocycles. The average molecular weight is 419 g/mol. The fraction of sp³-hybridized carbons (Fsp3) is 0.240. The Kier molecular flexibility index (Phi) is 6.29. The molecule has 4 rings (SSSR count). The molecule has 0 saturated carbocycles. The molecule has 0 bridgehead atoms. The van der Waals surface area contributed by atoms with E-state index in [-0.39, 0.29) is 5.91 Å². The minimum atomic E-state index is -0.923. The van der Waals surface area contributed by atoms with Crippen molar-refractivity contribution in [2.24, 2.45) is 0 Å². The second kappa shape index (κ2) is 9.26. The van der Waals surface area contributed by atoms with Gasteiger partial charge in [-0.3, -0.25) is 9.00 Å². The van der Waals surface area contributed by atoms with Crippen LogP contribution in [0.4, 0.5) is 5.69 Å². The number of amides is 1. The van der Waals surface area contributed by atoms with Crippen LogP contribution >= 0.6 is 0 Å². The molecular formula is C25H26N2O2S. The van der Waals surface area contributed by atoms with Crippen LogP contribution in [0.2, 0.25) is 0 Å². The number of nitrogens with zero attached hydrogens (tertiary/aromatic N) is 1. The first-order chi connectivity index (χ1) is 14.6. The van der Waals surface area contributed by atoms with Crippen LogP contribution in [0.25, 0.3) is 0 Å². The molecule has 0 saturated heterocycles. The van der Waals surface area contributed by atoms with Gasteiger partial charge in [-0.1, -0.05) is 54.6 Å². The van der Waals surface area contributed by atoms with Gasteiger partial charge in [0, 0.05) is 53.7 Å². The van der Waals surface area contributed by atoms with Gasteiger partial charge in [0.25, 0.3) is 5.91 Å². The van der Waals surface area contributed by atoms with Crippen molar-refractivity contribution in [3.05, 3.63) is 101 Å². The van der Waals surface area contributed by atoms with Gasteiger partial charge in [0.1, 0.15) is 0 Å². The molecule has 1 heterocycles. The number of carbonyl (C=O) groups excluding carboxylic acids is 1. The van der Waals surface area contributed by atoms with E-state index in [2.05, 4.69) is 58.7 Å². The van der Waals surface area contributed by atoms with Crippen molar-refractivity contribution < 1.29 is 9.00 Å². The standard InChI is InChI=1S/C25H26N2O2S/c1-30(29)18-21-5-4-7-23(15-21)25(28)26-16-19-9-11-20(12-10-19)17-27-14-13-22-6-2-3-8-24(22)27/h2-12,15H,13-14,16-18H2,1H3,(H,26,28)/t30-/m1/s1.